The lowest BCUT2D eigenvalue weighted by molar-refractivity contribution is -0.143. The monoisotopic (exact) mass is 521 g/mol. The van der Waals surface area contributed by atoms with Crippen molar-refractivity contribution in [1.29, 1.82) is 0 Å². The van der Waals surface area contributed by atoms with Gasteiger partial charge in [-0.15, -0.1) is 0 Å². The summed E-state index contributed by atoms with van der Waals surface area (Å²) in [5.74, 6) is 0.369. The Bertz CT molecular complexity index is 646. The zero-order valence-corrected chi connectivity index (χ0v) is 25.6. The van der Waals surface area contributed by atoms with Gasteiger partial charge in [0.1, 0.15) is 6.61 Å². The first-order chi connectivity index (χ1) is 17.6. The van der Waals surface area contributed by atoms with Crippen LogP contribution in [0.25, 0.3) is 0 Å². The number of carbonyl (C=O) groups excluding carboxylic acids is 2. The standard InChI is InChI=1S/C31H59N3O3/c1-9-13-17-32(18-14-10-2)25-21-24(5)22-26(33(19-15-11-3)20-16-12-4)28(25)29(35)34-27(31(6,7)8)23-37-30(34)36/h24-28H,9-23H2,1-8H3/t24?,25-,26+,27-,28?/m1/s1. The number of hydrogen-bond donors (Lipinski definition) is 0. The summed E-state index contributed by atoms with van der Waals surface area (Å²) in [7, 11) is 0. The van der Waals surface area contributed by atoms with E-state index in [2.05, 4.69) is 65.2 Å². The Kier molecular flexibility index (Phi) is 13.4. The lowest BCUT2D eigenvalue weighted by atomic mass is 9.72. The third kappa shape index (κ3) is 8.68. The first kappa shape index (κ1) is 32.1. The Morgan fingerprint density at radius 2 is 1.24 bits per heavy atom. The lowest BCUT2D eigenvalue weighted by Crippen LogP contribution is -2.62. The van der Waals surface area contributed by atoms with Crippen LogP contribution in [0.4, 0.5) is 4.79 Å². The highest BCUT2D eigenvalue weighted by atomic mass is 16.6. The quantitative estimate of drug-likeness (QED) is 0.233. The van der Waals surface area contributed by atoms with Gasteiger partial charge in [-0.2, -0.15) is 0 Å². The molecule has 6 heteroatoms. The molecule has 1 aliphatic heterocycles. The predicted octanol–water partition coefficient (Wildman–Crippen LogP) is 6.97. The summed E-state index contributed by atoms with van der Waals surface area (Å²) in [6.07, 6.45) is 10.8. The molecule has 0 aromatic carbocycles. The molecule has 2 amide bonds. The molecular weight excluding hydrogens is 462 g/mol. The molecule has 0 N–H and O–H groups in total. The maximum atomic E-state index is 14.7. The topological polar surface area (TPSA) is 53.1 Å². The second kappa shape index (κ2) is 15.5. The highest BCUT2D eigenvalue weighted by molar-refractivity contribution is 5.95. The molecule has 216 valence electrons. The SMILES string of the molecule is CCCCN(CCCC)[C@@H]1CC(C)C[C@H](N(CCCC)CCCC)C1C(=O)N1C(=O)OC[C@@H]1C(C)(C)C. The van der Waals surface area contributed by atoms with Gasteiger partial charge in [0, 0.05) is 12.1 Å². The predicted molar refractivity (Wildman–Crippen MR) is 154 cm³/mol. The fourth-order valence-corrected chi connectivity index (χ4v) is 6.35. The van der Waals surface area contributed by atoms with Crippen LogP contribution in [-0.4, -0.2) is 77.6 Å². The van der Waals surface area contributed by atoms with Gasteiger partial charge in [-0.25, -0.2) is 9.69 Å². The fraction of sp³-hybridized carbons (Fsp3) is 0.935. The number of hydrogen-bond acceptors (Lipinski definition) is 5. The Labute approximate surface area is 228 Å². The van der Waals surface area contributed by atoms with Crippen LogP contribution in [0.5, 0.6) is 0 Å². The van der Waals surface area contributed by atoms with E-state index < -0.39 is 6.09 Å². The normalized spacial score (nSPS) is 26.8. The molecule has 1 aliphatic carbocycles. The number of imide groups is 1. The Morgan fingerprint density at radius 1 is 0.838 bits per heavy atom. The molecule has 2 aliphatic rings. The van der Waals surface area contributed by atoms with Crippen LogP contribution in [0.3, 0.4) is 0 Å². The molecule has 2 unspecified atom stereocenters. The average Bonchev–Trinajstić information content (AvgIpc) is 3.25. The molecule has 0 aromatic rings. The highest BCUT2D eigenvalue weighted by Gasteiger charge is 2.52. The van der Waals surface area contributed by atoms with E-state index in [0.717, 1.165) is 90.4 Å². The number of unbranched alkanes of at least 4 members (excludes halogenated alkanes) is 4. The van der Waals surface area contributed by atoms with Crippen molar-refractivity contribution in [3.8, 4) is 0 Å². The van der Waals surface area contributed by atoms with Crippen LogP contribution in [0.2, 0.25) is 0 Å². The molecule has 37 heavy (non-hydrogen) atoms. The summed E-state index contributed by atoms with van der Waals surface area (Å²) in [5, 5.41) is 0. The van der Waals surface area contributed by atoms with Gasteiger partial charge in [0.25, 0.3) is 0 Å². The van der Waals surface area contributed by atoms with Gasteiger partial charge in [-0.3, -0.25) is 14.6 Å². The number of cyclic esters (lactones) is 1. The first-order valence-electron chi connectivity index (χ1n) is 15.6. The van der Waals surface area contributed by atoms with E-state index in [1.165, 1.54) is 4.90 Å². The number of rotatable bonds is 15. The van der Waals surface area contributed by atoms with Crippen molar-refractivity contribution in [3.63, 3.8) is 0 Å². The molecule has 2 rings (SSSR count). The van der Waals surface area contributed by atoms with Crippen molar-refractivity contribution in [1.82, 2.24) is 14.7 Å². The molecule has 1 saturated heterocycles. The van der Waals surface area contributed by atoms with Crippen molar-refractivity contribution in [2.45, 2.75) is 138 Å². The average molecular weight is 522 g/mol. The van der Waals surface area contributed by atoms with Gasteiger partial charge in [-0.05, 0) is 76.0 Å². The smallest absolute Gasteiger partial charge is 0.417 e. The van der Waals surface area contributed by atoms with Crippen molar-refractivity contribution < 1.29 is 14.3 Å². The molecule has 5 atom stereocenters. The van der Waals surface area contributed by atoms with Crippen LogP contribution in [0.1, 0.15) is 120 Å². The van der Waals surface area contributed by atoms with E-state index in [4.69, 9.17) is 4.74 Å². The van der Waals surface area contributed by atoms with E-state index in [9.17, 15) is 9.59 Å². The van der Waals surface area contributed by atoms with Crippen LogP contribution in [-0.2, 0) is 9.53 Å². The van der Waals surface area contributed by atoms with Gasteiger partial charge in [-0.1, -0.05) is 81.1 Å². The molecule has 2 fully saturated rings. The summed E-state index contributed by atoms with van der Waals surface area (Å²) >= 11 is 0. The van der Waals surface area contributed by atoms with E-state index in [1.54, 1.807) is 0 Å². The third-order valence-corrected chi connectivity index (χ3v) is 8.65. The van der Waals surface area contributed by atoms with Crippen molar-refractivity contribution >= 4 is 12.0 Å². The molecule has 0 bridgehead atoms. The van der Waals surface area contributed by atoms with E-state index in [-0.39, 0.29) is 35.4 Å². The second-order valence-corrected chi connectivity index (χ2v) is 12.9. The minimum absolute atomic E-state index is 0.0142. The minimum atomic E-state index is -0.441. The summed E-state index contributed by atoms with van der Waals surface area (Å²) in [4.78, 5) is 34.5. The number of nitrogens with zero attached hydrogens (tertiary/aromatic N) is 3. The van der Waals surface area contributed by atoms with Crippen molar-refractivity contribution in [2.75, 3.05) is 32.8 Å². The minimum Gasteiger partial charge on any atom is -0.447 e. The van der Waals surface area contributed by atoms with Crippen molar-refractivity contribution in [2.24, 2.45) is 17.3 Å². The van der Waals surface area contributed by atoms with E-state index >= 15 is 0 Å². The van der Waals surface area contributed by atoms with Gasteiger partial charge >= 0.3 is 6.09 Å². The molecule has 0 aromatic heterocycles. The fourth-order valence-electron chi connectivity index (χ4n) is 6.35. The Hall–Kier alpha value is -1.14. The summed E-state index contributed by atoms with van der Waals surface area (Å²) < 4.78 is 5.53. The largest absolute Gasteiger partial charge is 0.447 e. The van der Waals surface area contributed by atoms with E-state index in [0.29, 0.717) is 12.5 Å². The molecule has 6 nitrogen and oxygen atoms in total. The van der Waals surface area contributed by atoms with Crippen LogP contribution in [0.15, 0.2) is 0 Å². The molecule has 0 spiro atoms. The van der Waals surface area contributed by atoms with Crippen molar-refractivity contribution in [3.05, 3.63) is 0 Å². The van der Waals surface area contributed by atoms with Gasteiger partial charge in [0.2, 0.25) is 5.91 Å². The number of amides is 2. The summed E-state index contributed by atoms with van der Waals surface area (Å²) in [6.45, 7) is 22.1. The number of carbonyl (C=O) groups is 2. The molecule has 0 radical (unpaired) electrons. The number of ether oxygens (including phenoxy) is 1. The first-order valence-corrected chi connectivity index (χ1v) is 15.6. The molecular formula is C31H59N3O3. The van der Waals surface area contributed by atoms with Gasteiger partial charge in [0.15, 0.2) is 0 Å². The second-order valence-electron chi connectivity index (χ2n) is 12.9. The van der Waals surface area contributed by atoms with Gasteiger partial charge < -0.3 is 4.74 Å². The van der Waals surface area contributed by atoms with Crippen LogP contribution in [0, 0.1) is 17.3 Å². The zero-order chi connectivity index (χ0) is 27.6. The van der Waals surface area contributed by atoms with E-state index in [1.807, 2.05) is 0 Å². The Morgan fingerprint density at radius 3 is 1.59 bits per heavy atom. The molecule has 1 heterocycles. The zero-order valence-electron chi connectivity index (χ0n) is 25.6. The van der Waals surface area contributed by atoms with Crippen LogP contribution < -0.4 is 0 Å². The summed E-state index contributed by atoms with van der Waals surface area (Å²) in [6, 6.07) is 0.117. The Balaban J connectivity index is 2.55. The van der Waals surface area contributed by atoms with Crippen LogP contribution >= 0.6 is 0 Å². The maximum Gasteiger partial charge on any atom is 0.417 e. The lowest BCUT2D eigenvalue weighted by Gasteiger charge is -2.50. The van der Waals surface area contributed by atoms with Gasteiger partial charge in [0.05, 0.1) is 12.0 Å². The summed E-state index contributed by atoms with van der Waals surface area (Å²) in [5.41, 5.74) is -0.219. The third-order valence-electron chi connectivity index (χ3n) is 8.65. The molecule has 1 saturated carbocycles. The highest BCUT2D eigenvalue weighted by Crippen LogP contribution is 2.40. The maximum absolute atomic E-state index is 14.7.